The van der Waals surface area contributed by atoms with Gasteiger partial charge in [0.1, 0.15) is 13.6 Å². The molecular formula is C15H10BN3O4. The zero-order valence-electron chi connectivity index (χ0n) is 11.7. The number of carbonyl (C=O) groups excluding carboxylic acids is 1. The lowest BCUT2D eigenvalue weighted by Gasteiger charge is -2.11. The maximum absolute atomic E-state index is 11.8. The summed E-state index contributed by atoms with van der Waals surface area (Å²) in [5.74, 6) is -4.35. The van der Waals surface area contributed by atoms with Gasteiger partial charge >= 0.3 is 5.97 Å². The minimum Gasteiger partial charge on any atom is -0.505 e. The summed E-state index contributed by atoms with van der Waals surface area (Å²) in [4.78, 5) is 26.2. The Kier molecular flexibility index (Phi) is 4.62. The maximum atomic E-state index is 11.8. The predicted octanol–water partition coefficient (Wildman–Crippen LogP) is 0.635. The van der Waals surface area contributed by atoms with E-state index in [1.807, 2.05) is 11.4 Å². The number of hydrogen-bond acceptors (Lipinski definition) is 5. The highest BCUT2D eigenvalue weighted by molar-refractivity contribution is 6.24. The molecule has 8 heteroatoms. The average Bonchev–Trinajstić information content (AvgIpc) is 2.54. The number of hydrogen-bond donors (Lipinski definition) is 3. The van der Waals surface area contributed by atoms with Crippen molar-refractivity contribution < 1.29 is 19.8 Å². The molecule has 1 heterocycles. The second-order valence-electron chi connectivity index (χ2n) is 4.57. The quantitative estimate of drug-likeness (QED) is 0.712. The zero-order valence-corrected chi connectivity index (χ0v) is 11.7. The number of aromatic nitrogens is 1. The van der Waals surface area contributed by atoms with Gasteiger partial charge in [-0.1, -0.05) is 12.1 Å². The van der Waals surface area contributed by atoms with Crippen molar-refractivity contribution in [3.8, 4) is 22.9 Å². The van der Waals surface area contributed by atoms with Crippen LogP contribution in [0.1, 0.15) is 16.1 Å². The number of carboxylic acid groups (broad SMARTS) is 1. The summed E-state index contributed by atoms with van der Waals surface area (Å²) < 4.78 is 0. The smallest absolute Gasteiger partial charge is 0.316 e. The normalized spacial score (nSPS) is 11.3. The topological polar surface area (TPSA) is 123 Å². The van der Waals surface area contributed by atoms with Crippen molar-refractivity contribution >= 4 is 19.7 Å². The van der Waals surface area contributed by atoms with E-state index in [0.717, 1.165) is 0 Å². The molecule has 0 fully saturated rings. The van der Waals surface area contributed by atoms with Crippen LogP contribution in [0.5, 0.6) is 5.75 Å². The van der Waals surface area contributed by atoms with Crippen LogP contribution in [-0.4, -0.2) is 40.9 Å². The van der Waals surface area contributed by atoms with Gasteiger partial charge in [0, 0.05) is 11.8 Å². The van der Waals surface area contributed by atoms with Crippen LogP contribution in [0.2, 0.25) is 0 Å². The first-order valence-corrected chi connectivity index (χ1v) is 6.41. The lowest BCUT2D eigenvalue weighted by atomic mass is 9.96. The fourth-order valence-electron chi connectivity index (χ4n) is 1.83. The average molecular weight is 307 g/mol. The first-order chi connectivity index (χ1) is 10.9. The lowest BCUT2D eigenvalue weighted by Crippen LogP contribution is -2.41. The van der Waals surface area contributed by atoms with Gasteiger partial charge in [0.25, 0.3) is 5.91 Å². The van der Waals surface area contributed by atoms with Gasteiger partial charge in [0.2, 0.25) is 0 Å². The number of benzene rings is 1. The molecule has 2 rings (SSSR count). The van der Waals surface area contributed by atoms with Crippen LogP contribution in [0.15, 0.2) is 36.5 Å². The molecular weight excluding hydrogens is 297 g/mol. The van der Waals surface area contributed by atoms with Crippen LogP contribution < -0.4 is 5.32 Å². The molecule has 2 aromatic rings. The summed E-state index contributed by atoms with van der Waals surface area (Å²) in [6, 6.07) is 9.93. The predicted molar refractivity (Wildman–Crippen MR) is 80.7 cm³/mol. The second-order valence-corrected chi connectivity index (χ2v) is 4.57. The van der Waals surface area contributed by atoms with E-state index in [1.165, 1.54) is 12.3 Å². The third-order valence-corrected chi connectivity index (χ3v) is 2.96. The molecule has 1 atom stereocenters. The van der Waals surface area contributed by atoms with Gasteiger partial charge in [-0.05, 0) is 23.8 Å². The number of aromatic hydroxyl groups is 1. The summed E-state index contributed by atoms with van der Waals surface area (Å²) in [5, 5.41) is 29.4. The van der Waals surface area contributed by atoms with E-state index in [4.69, 9.17) is 18.2 Å². The molecule has 2 radical (unpaired) electrons. The van der Waals surface area contributed by atoms with Crippen LogP contribution in [0.25, 0.3) is 11.1 Å². The molecule has 1 unspecified atom stereocenters. The first-order valence-electron chi connectivity index (χ1n) is 6.41. The second kappa shape index (κ2) is 6.62. The number of aliphatic carboxylic acids is 1. The molecule has 7 nitrogen and oxygen atoms in total. The van der Waals surface area contributed by atoms with Crippen LogP contribution in [0, 0.1) is 11.3 Å². The number of nitriles is 1. The number of nitrogens with one attached hydrogen (secondary N) is 1. The van der Waals surface area contributed by atoms with Crippen molar-refractivity contribution in [3.05, 3.63) is 47.8 Å². The molecule has 0 spiro atoms. The lowest BCUT2D eigenvalue weighted by molar-refractivity contribution is -0.137. The van der Waals surface area contributed by atoms with Gasteiger partial charge in [-0.3, -0.25) is 9.59 Å². The number of amides is 1. The molecule has 1 amide bonds. The van der Waals surface area contributed by atoms with Crippen molar-refractivity contribution in [1.82, 2.24) is 10.3 Å². The van der Waals surface area contributed by atoms with E-state index < -0.39 is 23.6 Å². The van der Waals surface area contributed by atoms with Gasteiger partial charge < -0.3 is 15.5 Å². The third-order valence-electron chi connectivity index (χ3n) is 2.96. The Morgan fingerprint density at radius 3 is 2.65 bits per heavy atom. The number of carboxylic acids is 1. The molecule has 0 aliphatic heterocycles. The fraction of sp³-hybridized carbons (Fsp3) is 0.0667. The number of rotatable bonds is 4. The van der Waals surface area contributed by atoms with Crippen molar-refractivity contribution in [1.29, 1.82) is 5.26 Å². The minimum atomic E-state index is -1.60. The first kappa shape index (κ1) is 16.0. The monoisotopic (exact) mass is 307 g/mol. The molecule has 3 N–H and O–H groups in total. The van der Waals surface area contributed by atoms with Crippen LogP contribution in [0.3, 0.4) is 0 Å². The summed E-state index contributed by atoms with van der Waals surface area (Å²) in [7, 11) is 5.19. The molecule has 1 aromatic heterocycles. The van der Waals surface area contributed by atoms with Crippen LogP contribution >= 0.6 is 0 Å². The SMILES string of the molecule is [B]C(NC(=O)c1ncc(-c2cccc(C#N)c2)cc1O)C(=O)O. The van der Waals surface area contributed by atoms with Crippen molar-refractivity contribution in [2.45, 2.75) is 5.94 Å². The minimum absolute atomic E-state index is 0.345. The van der Waals surface area contributed by atoms with Crippen LogP contribution in [0.4, 0.5) is 0 Å². The van der Waals surface area contributed by atoms with Gasteiger partial charge in [0.15, 0.2) is 5.69 Å². The molecule has 1 aromatic carbocycles. The zero-order chi connectivity index (χ0) is 17.0. The fourth-order valence-corrected chi connectivity index (χ4v) is 1.83. The summed E-state index contributed by atoms with van der Waals surface area (Å²) in [6.07, 6.45) is 1.33. The Balaban J connectivity index is 2.29. The van der Waals surface area contributed by atoms with E-state index in [2.05, 4.69) is 4.98 Å². The van der Waals surface area contributed by atoms with Gasteiger partial charge in [-0.15, -0.1) is 0 Å². The van der Waals surface area contributed by atoms with Crippen molar-refractivity contribution in [2.24, 2.45) is 0 Å². The molecule has 0 bridgehead atoms. The maximum Gasteiger partial charge on any atom is 0.316 e. The van der Waals surface area contributed by atoms with E-state index in [9.17, 15) is 14.7 Å². The Bertz CT molecular complexity index is 817. The Morgan fingerprint density at radius 1 is 1.30 bits per heavy atom. The van der Waals surface area contributed by atoms with E-state index in [1.54, 1.807) is 24.3 Å². The Labute approximate surface area is 132 Å². The summed E-state index contributed by atoms with van der Waals surface area (Å²) in [5.41, 5.74) is 1.23. The highest BCUT2D eigenvalue weighted by Crippen LogP contribution is 2.25. The Hall–Kier alpha value is -3.34. The Morgan fingerprint density at radius 2 is 2.04 bits per heavy atom. The number of pyridine rings is 1. The molecule has 23 heavy (non-hydrogen) atoms. The molecule has 0 saturated heterocycles. The van der Waals surface area contributed by atoms with Gasteiger partial charge in [-0.2, -0.15) is 5.26 Å². The third kappa shape index (κ3) is 3.65. The molecule has 0 saturated carbocycles. The summed E-state index contributed by atoms with van der Waals surface area (Å²) >= 11 is 0. The van der Waals surface area contributed by atoms with E-state index >= 15 is 0 Å². The van der Waals surface area contributed by atoms with Crippen molar-refractivity contribution in [3.63, 3.8) is 0 Å². The molecule has 112 valence electrons. The number of carbonyl (C=O) groups is 2. The van der Waals surface area contributed by atoms with Crippen LogP contribution in [-0.2, 0) is 4.79 Å². The number of nitrogens with zero attached hydrogens (tertiary/aromatic N) is 2. The largest absolute Gasteiger partial charge is 0.505 e. The van der Waals surface area contributed by atoms with Gasteiger partial charge in [-0.25, -0.2) is 4.98 Å². The van der Waals surface area contributed by atoms with Crippen molar-refractivity contribution in [2.75, 3.05) is 0 Å². The highest BCUT2D eigenvalue weighted by Gasteiger charge is 2.19. The van der Waals surface area contributed by atoms with E-state index in [0.29, 0.717) is 16.7 Å². The van der Waals surface area contributed by atoms with E-state index in [-0.39, 0.29) is 5.69 Å². The molecule has 0 aliphatic carbocycles. The standard InChI is InChI=1S/C15H10BN3O4/c16-13(15(22)23)19-14(21)12-11(20)5-10(7-18-12)9-3-1-2-8(4-9)6-17/h1-5,7,13,20H,(H,19,21)(H,22,23). The molecule has 0 aliphatic rings. The van der Waals surface area contributed by atoms with Gasteiger partial charge in [0.05, 0.1) is 17.6 Å². The highest BCUT2D eigenvalue weighted by atomic mass is 16.4. The summed E-state index contributed by atoms with van der Waals surface area (Å²) in [6.45, 7) is 0.